The van der Waals surface area contributed by atoms with Gasteiger partial charge in [0.2, 0.25) is 0 Å². The van der Waals surface area contributed by atoms with Crippen molar-refractivity contribution in [3.05, 3.63) is 28.8 Å². The molecule has 0 aliphatic rings. The fourth-order valence-corrected chi connectivity index (χ4v) is 2.22. The molecule has 0 amide bonds. The normalized spacial score (nSPS) is 11.0. The SMILES string of the molecule is CC.CC.CC(=O)C(Cc1c(C)cc(O)cc1C)NC(C)C. The molecule has 22 heavy (non-hydrogen) atoms. The summed E-state index contributed by atoms with van der Waals surface area (Å²) in [6.07, 6.45) is 0.672. The van der Waals surface area contributed by atoms with E-state index < -0.39 is 0 Å². The predicted molar refractivity (Wildman–Crippen MR) is 96.7 cm³/mol. The van der Waals surface area contributed by atoms with Crippen LogP contribution in [0.2, 0.25) is 0 Å². The summed E-state index contributed by atoms with van der Waals surface area (Å²) in [4.78, 5) is 11.7. The first-order valence-electron chi connectivity index (χ1n) is 8.36. The topological polar surface area (TPSA) is 49.3 Å². The monoisotopic (exact) mass is 309 g/mol. The van der Waals surface area contributed by atoms with Crippen LogP contribution in [0, 0.1) is 13.8 Å². The quantitative estimate of drug-likeness (QED) is 0.838. The lowest BCUT2D eigenvalue weighted by Gasteiger charge is -2.21. The molecule has 3 heteroatoms. The molecule has 0 saturated heterocycles. The molecule has 0 aromatic heterocycles. The average Bonchev–Trinajstić information content (AvgIpc) is 2.45. The van der Waals surface area contributed by atoms with Crippen LogP contribution in [-0.2, 0) is 11.2 Å². The van der Waals surface area contributed by atoms with E-state index in [0.717, 1.165) is 16.7 Å². The molecule has 1 aromatic carbocycles. The van der Waals surface area contributed by atoms with Crippen molar-refractivity contribution in [2.45, 2.75) is 80.8 Å². The van der Waals surface area contributed by atoms with E-state index >= 15 is 0 Å². The Hall–Kier alpha value is -1.35. The van der Waals surface area contributed by atoms with Crippen molar-refractivity contribution in [2.75, 3.05) is 0 Å². The van der Waals surface area contributed by atoms with Gasteiger partial charge in [0.05, 0.1) is 6.04 Å². The van der Waals surface area contributed by atoms with E-state index in [9.17, 15) is 9.90 Å². The Balaban J connectivity index is 0. The van der Waals surface area contributed by atoms with Gasteiger partial charge in [0, 0.05) is 6.04 Å². The molecule has 1 atom stereocenters. The van der Waals surface area contributed by atoms with Gasteiger partial charge in [-0.3, -0.25) is 4.79 Å². The molecule has 0 aliphatic heterocycles. The minimum atomic E-state index is -0.160. The number of Topliss-reactive ketones (excluding diaryl/α,β-unsaturated/α-hetero) is 1. The maximum atomic E-state index is 11.7. The lowest BCUT2D eigenvalue weighted by Crippen LogP contribution is -2.41. The van der Waals surface area contributed by atoms with Crippen LogP contribution in [0.15, 0.2) is 12.1 Å². The van der Waals surface area contributed by atoms with E-state index in [1.165, 1.54) is 0 Å². The number of ketones is 1. The Morgan fingerprint density at radius 3 is 1.82 bits per heavy atom. The molecule has 0 aliphatic carbocycles. The first-order chi connectivity index (χ1) is 10.3. The van der Waals surface area contributed by atoms with E-state index in [4.69, 9.17) is 0 Å². The Bertz CT molecular complexity index is 416. The molecule has 1 rings (SSSR count). The van der Waals surface area contributed by atoms with Crippen LogP contribution in [0.3, 0.4) is 0 Å². The van der Waals surface area contributed by atoms with Gasteiger partial charge in [0.25, 0.3) is 0 Å². The summed E-state index contributed by atoms with van der Waals surface area (Å²) in [5.74, 6) is 0.431. The third-order valence-corrected chi connectivity index (χ3v) is 3.11. The highest BCUT2D eigenvalue weighted by Gasteiger charge is 2.18. The number of nitrogens with one attached hydrogen (secondary N) is 1. The summed E-state index contributed by atoms with van der Waals surface area (Å²) in [6.45, 7) is 17.6. The first-order valence-corrected chi connectivity index (χ1v) is 8.36. The zero-order valence-electron chi connectivity index (χ0n) is 15.9. The molecule has 2 N–H and O–H groups in total. The van der Waals surface area contributed by atoms with Crippen molar-refractivity contribution in [1.82, 2.24) is 5.32 Å². The second kappa shape index (κ2) is 12.2. The lowest BCUT2D eigenvalue weighted by molar-refractivity contribution is -0.119. The van der Waals surface area contributed by atoms with E-state index in [2.05, 4.69) is 5.32 Å². The van der Waals surface area contributed by atoms with Crippen LogP contribution in [0.5, 0.6) is 5.75 Å². The van der Waals surface area contributed by atoms with Crippen LogP contribution in [-0.4, -0.2) is 23.0 Å². The van der Waals surface area contributed by atoms with Crippen LogP contribution < -0.4 is 5.32 Å². The maximum absolute atomic E-state index is 11.7. The molecule has 1 aromatic rings. The zero-order valence-corrected chi connectivity index (χ0v) is 15.9. The fraction of sp³-hybridized carbons (Fsp3) is 0.632. The van der Waals surface area contributed by atoms with Gasteiger partial charge in [-0.1, -0.05) is 41.5 Å². The zero-order chi connectivity index (χ0) is 17.9. The first kappa shape index (κ1) is 22.9. The van der Waals surface area contributed by atoms with Gasteiger partial charge in [-0.15, -0.1) is 0 Å². The second-order valence-electron chi connectivity index (χ2n) is 5.25. The van der Waals surface area contributed by atoms with Crippen molar-refractivity contribution in [3.8, 4) is 5.75 Å². The van der Waals surface area contributed by atoms with Gasteiger partial charge < -0.3 is 10.4 Å². The number of rotatable bonds is 5. The van der Waals surface area contributed by atoms with Crippen LogP contribution >= 0.6 is 0 Å². The summed E-state index contributed by atoms with van der Waals surface area (Å²) in [5, 5.41) is 12.8. The number of carbonyl (C=O) groups is 1. The minimum absolute atomic E-state index is 0.149. The van der Waals surface area contributed by atoms with Gasteiger partial charge >= 0.3 is 0 Å². The molecular formula is C19H35NO2. The minimum Gasteiger partial charge on any atom is -0.508 e. The van der Waals surface area contributed by atoms with Gasteiger partial charge in [-0.05, 0) is 56.0 Å². The van der Waals surface area contributed by atoms with Crippen molar-refractivity contribution in [1.29, 1.82) is 0 Å². The van der Waals surface area contributed by atoms with Crippen molar-refractivity contribution >= 4 is 5.78 Å². The third kappa shape index (κ3) is 8.18. The summed E-state index contributed by atoms with van der Waals surface area (Å²) in [6, 6.07) is 3.60. The highest BCUT2D eigenvalue weighted by Crippen LogP contribution is 2.22. The maximum Gasteiger partial charge on any atom is 0.147 e. The number of aromatic hydroxyl groups is 1. The van der Waals surface area contributed by atoms with Gasteiger partial charge in [-0.25, -0.2) is 0 Å². The average molecular weight is 309 g/mol. The fourth-order valence-electron chi connectivity index (χ4n) is 2.22. The smallest absolute Gasteiger partial charge is 0.147 e. The summed E-state index contributed by atoms with van der Waals surface area (Å²) < 4.78 is 0. The second-order valence-corrected chi connectivity index (χ2v) is 5.25. The highest BCUT2D eigenvalue weighted by molar-refractivity contribution is 5.82. The van der Waals surface area contributed by atoms with Gasteiger partial charge in [0.1, 0.15) is 11.5 Å². The number of benzene rings is 1. The number of hydrogen-bond donors (Lipinski definition) is 2. The summed E-state index contributed by atoms with van der Waals surface area (Å²) >= 11 is 0. The Kier molecular flexibility index (Phi) is 12.7. The molecule has 128 valence electrons. The number of phenols is 1. The standard InChI is InChI=1S/C15H23NO2.2C2H6/c1-9(2)16-15(12(5)17)8-14-10(3)6-13(18)7-11(14)4;2*1-2/h6-7,9,15-16,18H,8H2,1-5H3;2*1-2H3. The van der Waals surface area contributed by atoms with Crippen LogP contribution in [0.25, 0.3) is 0 Å². The van der Waals surface area contributed by atoms with E-state index in [-0.39, 0.29) is 23.6 Å². The molecule has 1 unspecified atom stereocenters. The molecule has 0 fully saturated rings. The Labute approximate surface area is 137 Å². The molecular weight excluding hydrogens is 274 g/mol. The molecule has 0 spiro atoms. The predicted octanol–water partition coefficient (Wildman–Crippen LogP) is 4.56. The molecule has 0 bridgehead atoms. The van der Waals surface area contributed by atoms with Gasteiger partial charge in [-0.2, -0.15) is 0 Å². The molecule has 0 heterocycles. The van der Waals surface area contributed by atoms with Crippen molar-refractivity contribution in [3.63, 3.8) is 0 Å². The Morgan fingerprint density at radius 2 is 1.50 bits per heavy atom. The van der Waals surface area contributed by atoms with Crippen molar-refractivity contribution in [2.24, 2.45) is 0 Å². The molecule has 3 nitrogen and oxygen atoms in total. The summed E-state index contributed by atoms with van der Waals surface area (Å²) in [7, 11) is 0. The molecule has 0 radical (unpaired) electrons. The number of aryl methyl sites for hydroxylation is 2. The van der Waals surface area contributed by atoms with Crippen LogP contribution in [0.4, 0.5) is 0 Å². The van der Waals surface area contributed by atoms with Crippen molar-refractivity contribution < 1.29 is 9.90 Å². The molecule has 0 saturated carbocycles. The Morgan fingerprint density at radius 1 is 1.09 bits per heavy atom. The van der Waals surface area contributed by atoms with E-state index in [0.29, 0.717) is 6.42 Å². The lowest BCUT2D eigenvalue weighted by atomic mass is 9.94. The number of hydrogen-bond acceptors (Lipinski definition) is 3. The number of carbonyl (C=O) groups excluding carboxylic acids is 1. The van der Waals surface area contributed by atoms with E-state index in [1.807, 2.05) is 55.4 Å². The number of phenolic OH excluding ortho intramolecular Hbond substituents is 1. The highest BCUT2D eigenvalue weighted by atomic mass is 16.3. The largest absolute Gasteiger partial charge is 0.508 e. The third-order valence-electron chi connectivity index (χ3n) is 3.11. The van der Waals surface area contributed by atoms with E-state index in [1.54, 1.807) is 19.1 Å². The van der Waals surface area contributed by atoms with Crippen LogP contribution in [0.1, 0.15) is 65.2 Å². The van der Waals surface area contributed by atoms with Gasteiger partial charge in [0.15, 0.2) is 0 Å². The summed E-state index contributed by atoms with van der Waals surface area (Å²) in [5.41, 5.74) is 3.20.